The fourth-order valence-corrected chi connectivity index (χ4v) is 3.56. The van der Waals surface area contributed by atoms with Crippen molar-refractivity contribution in [2.45, 2.75) is 13.2 Å². The van der Waals surface area contributed by atoms with Crippen molar-refractivity contribution in [2.75, 3.05) is 13.9 Å². The molecule has 0 unspecified atom stereocenters. The predicted octanol–water partition coefficient (Wildman–Crippen LogP) is 2.14. The molecular weight excluding hydrogens is 406 g/mol. The number of esters is 1. The molecule has 9 heteroatoms. The lowest BCUT2D eigenvalue weighted by atomic mass is 10.1. The second-order valence-electron chi connectivity index (χ2n) is 5.81. The summed E-state index contributed by atoms with van der Waals surface area (Å²) in [5.74, 6) is 0.193. The van der Waals surface area contributed by atoms with Crippen LogP contribution in [0.1, 0.15) is 21.5 Å². The highest BCUT2D eigenvalue weighted by Gasteiger charge is 2.23. The Kier molecular flexibility index (Phi) is 4.25. The molecule has 134 valence electrons. The van der Waals surface area contributed by atoms with Gasteiger partial charge in [-0.2, -0.15) is 5.10 Å². The Hall–Kier alpha value is -2.65. The maximum atomic E-state index is 12.1. The summed E-state index contributed by atoms with van der Waals surface area (Å²) in [6.45, 7) is 1.04. The first-order valence-corrected chi connectivity index (χ1v) is 8.54. The highest BCUT2D eigenvalue weighted by Crippen LogP contribution is 2.33. The van der Waals surface area contributed by atoms with Crippen LogP contribution in [0.5, 0.6) is 5.75 Å². The summed E-state index contributed by atoms with van der Waals surface area (Å²) in [6.07, 6.45) is 3.27. The van der Waals surface area contributed by atoms with Crippen molar-refractivity contribution in [3.05, 3.63) is 56.0 Å². The predicted molar refractivity (Wildman–Crippen MR) is 94.3 cm³/mol. The molecule has 3 aliphatic rings. The van der Waals surface area contributed by atoms with Gasteiger partial charge in [-0.25, -0.2) is 9.89 Å². The van der Waals surface area contributed by atoms with E-state index in [0.717, 1.165) is 21.3 Å². The molecule has 0 spiro atoms. The van der Waals surface area contributed by atoms with E-state index in [4.69, 9.17) is 14.2 Å². The Bertz CT molecular complexity index is 1030. The molecule has 0 radical (unpaired) electrons. The van der Waals surface area contributed by atoms with Gasteiger partial charge in [0.2, 0.25) is 0 Å². The van der Waals surface area contributed by atoms with Crippen molar-refractivity contribution in [2.24, 2.45) is 0 Å². The van der Waals surface area contributed by atoms with E-state index in [9.17, 15) is 9.59 Å². The maximum Gasteiger partial charge on any atom is 0.341 e. The number of carbonyl (C=O) groups is 1. The van der Waals surface area contributed by atoms with E-state index < -0.39 is 5.97 Å². The molecule has 4 rings (SSSR count). The number of hydrogen-bond donors (Lipinski definition) is 1. The van der Waals surface area contributed by atoms with Gasteiger partial charge in [-0.1, -0.05) is 15.9 Å². The van der Waals surface area contributed by atoms with Gasteiger partial charge < -0.3 is 18.8 Å². The standard InChI is InChI=1S/C17H14BrN3O5/c1-24-17(23)13-6-21(5-12-14(13)19-20-16(12)22)4-9-2-11(18)3-10-7-25-8-26-15(9)10/h2-3,5-6H,4,7-8H2,1H3,(H,20,22). The first-order valence-electron chi connectivity index (χ1n) is 7.75. The first-order chi connectivity index (χ1) is 12.6. The molecular formula is C17H14BrN3O5. The van der Waals surface area contributed by atoms with Crippen molar-refractivity contribution >= 4 is 21.9 Å². The van der Waals surface area contributed by atoms with Crippen LogP contribution in [-0.2, 0) is 22.6 Å². The minimum absolute atomic E-state index is 0.186. The summed E-state index contributed by atoms with van der Waals surface area (Å²) in [4.78, 5) is 24.1. The van der Waals surface area contributed by atoms with Crippen LogP contribution in [0.25, 0.3) is 11.3 Å². The van der Waals surface area contributed by atoms with Gasteiger partial charge in [0.1, 0.15) is 17.0 Å². The minimum atomic E-state index is -0.559. The Balaban J connectivity index is 1.82. The molecule has 0 fully saturated rings. The van der Waals surface area contributed by atoms with E-state index in [1.165, 1.54) is 7.11 Å². The molecule has 26 heavy (non-hydrogen) atoms. The number of methoxy groups -OCH3 is 1. The van der Waals surface area contributed by atoms with Crippen LogP contribution in [-0.4, -0.2) is 34.6 Å². The van der Waals surface area contributed by atoms with E-state index in [0.29, 0.717) is 24.4 Å². The van der Waals surface area contributed by atoms with E-state index in [-0.39, 0.29) is 17.9 Å². The van der Waals surface area contributed by atoms with Gasteiger partial charge >= 0.3 is 5.97 Å². The zero-order chi connectivity index (χ0) is 18.3. The summed E-state index contributed by atoms with van der Waals surface area (Å²) >= 11 is 3.49. The average molecular weight is 420 g/mol. The molecule has 1 aromatic rings. The largest absolute Gasteiger partial charge is 0.467 e. The Morgan fingerprint density at radius 2 is 2.27 bits per heavy atom. The fourth-order valence-electron chi connectivity index (χ4n) is 3.01. The summed E-state index contributed by atoms with van der Waals surface area (Å²) in [5.41, 5.74) is 2.30. The number of nitrogens with one attached hydrogen (secondary N) is 1. The first kappa shape index (κ1) is 16.8. The number of nitrogens with zero attached hydrogens (tertiary/aromatic N) is 2. The molecule has 3 aliphatic heterocycles. The van der Waals surface area contributed by atoms with Crippen LogP contribution >= 0.6 is 15.9 Å². The second kappa shape index (κ2) is 6.58. The summed E-state index contributed by atoms with van der Waals surface area (Å²) in [7, 11) is 1.29. The molecule has 0 aromatic heterocycles. The number of pyridine rings is 1. The molecule has 1 aromatic carbocycles. The number of carbonyl (C=O) groups excluding carboxylic acids is 1. The zero-order valence-electron chi connectivity index (χ0n) is 13.7. The number of hydrogen-bond acceptors (Lipinski definition) is 6. The SMILES string of the molecule is COC(=O)c1cn(Cc2cc(Br)cc3c2OCOC3)cc2c(=O)[nH]nc1-2. The number of benzene rings is 1. The van der Waals surface area contributed by atoms with Crippen LogP contribution in [0.2, 0.25) is 0 Å². The van der Waals surface area contributed by atoms with Gasteiger partial charge in [0.15, 0.2) is 6.79 Å². The summed E-state index contributed by atoms with van der Waals surface area (Å²) in [6, 6.07) is 3.88. The van der Waals surface area contributed by atoms with Gasteiger partial charge in [-0.3, -0.25) is 4.79 Å². The minimum Gasteiger partial charge on any atom is -0.467 e. The van der Waals surface area contributed by atoms with E-state index in [1.54, 1.807) is 17.0 Å². The third-order valence-corrected chi connectivity index (χ3v) is 4.58. The van der Waals surface area contributed by atoms with E-state index in [2.05, 4.69) is 26.1 Å². The van der Waals surface area contributed by atoms with Gasteiger partial charge in [-0.05, 0) is 12.1 Å². The molecule has 0 aliphatic carbocycles. The Morgan fingerprint density at radius 1 is 1.42 bits per heavy atom. The lowest BCUT2D eigenvalue weighted by molar-refractivity contribution is -0.0171. The summed E-state index contributed by atoms with van der Waals surface area (Å²) in [5, 5.41) is 6.29. The quantitative estimate of drug-likeness (QED) is 0.653. The number of ether oxygens (including phenoxy) is 3. The van der Waals surface area contributed by atoms with Crippen molar-refractivity contribution in [3.8, 4) is 17.0 Å². The average Bonchev–Trinajstić information content (AvgIpc) is 3.01. The second-order valence-corrected chi connectivity index (χ2v) is 6.73. The topological polar surface area (TPSA) is 95.4 Å². The number of halogens is 1. The molecule has 0 bridgehead atoms. The molecule has 1 N–H and O–H groups in total. The number of aromatic nitrogens is 3. The van der Waals surface area contributed by atoms with Crippen molar-refractivity contribution < 1.29 is 19.0 Å². The third-order valence-electron chi connectivity index (χ3n) is 4.12. The van der Waals surface area contributed by atoms with Crippen molar-refractivity contribution in [3.63, 3.8) is 0 Å². The molecule has 0 saturated carbocycles. The zero-order valence-corrected chi connectivity index (χ0v) is 15.3. The number of fused-ring (bicyclic) bond motifs is 2. The Morgan fingerprint density at radius 3 is 3.08 bits per heavy atom. The number of aromatic amines is 1. The molecule has 0 amide bonds. The monoisotopic (exact) mass is 419 g/mol. The summed E-state index contributed by atoms with van der Waals surface area (Å²) < 4.78 is 18.4. The molecule has 3 heterocycles. The lowest BCUT2D eigenvalue weighted by Gasteiger charge is -2.22. The Labute approximate surface area is 156 Å². The fraction of sp³-hybridized carbons (Fsp3) is 0.235. The number of H-pyrrole nitrogens is 1. The van der Waals surface area contributed by atoms with Crippen LogP contribution in [0.15, 0.2) is 33.8 Å². The highest BCUT2D eigenvalue weighted by molar-refractivity contribution is 9.10. The normalized spacial score (nSPS) is 13.3. The van der Waals surface area contributed by atoms with Crippen molar-refractivity contribution in [1.29, 1.82) is 0 Å². The van der Waals surface area contributed by atoms with Gasteiger partial charge in [0, 0.05) is 28.0 Å². The van der Waals surface area contributed by atoms with Gasteiger partial charge in [0.05, 0.1) is 25.8 Å². The smallest absolute Gasteiger partial charge is 0.341 e. The van der Waals surface area contributed by atoms with Crippen LogP contribution in [0, 0.1) is 0 Å². The van der Waals surface area contributed by atoms with E-state index >= 15 is 0 Å². The maximum absolute atomic E-state index is 12.1. The number of rotatable bonds is 3. The highest BCUT2D eigenvalue weighted by atomic mass is 79.9. The van der Waals surface area contributed by atoms with Crippen molar-refractivity contribution in [1.82, 2.24) is 14.8 Å². The van der Waals surface area contributed by atoms with Gasteiger partial charge in [0.25, 0.3) is 5.56 Å². The van der Waals surface area contributed by atoms with Gasteiger partial charge in [-0.15, -0.1) is 0 Å². The lowest BCUT2D eigenvalue weighted by Crippen LogP contribution is -2.16. The van der Waals surface area contributed by atoms with E-state index in [1.807, 2.05) is 12.1 Å². The third kappa shape index (κ3) is 2.89. The van der Waals surface area contributed by atoms with Crippen LogP contribution in [0.4, 0.5) is 0 Å². The van der Waals surface area contributed by atoms with Crippen LogP contribution in [0.3, 0.4) is 0 Å². The molecule has 0 atom stereocenters. The molecule has 0 saturated heterocycles. The van der Waals surface area contributed by atoms with Crippen LogP contribution < -0.4 is 10.3 Å². The molecule has 8 nitrogen and oxygen atoms in total.